The Morgan fingerprint density at radius 1 is 1.00 bits per heavy atom. The molecule has 1 aliphatic carbocycles. The van der Waals surface area contributed by atoms with Crippen molar-refractivity contribution in [2.24, 2.45) is 5.73 Å². The van der Waals surface area contributed by atoms with E-state index in [9.17, 15) is 9.90 Å². The highest BCUT2D eigenvalue weighted by molar-refractivity contribution is 5.78. The molecule has 3 rings (SSSR count). The van der Waals surface area contributed by atoms with Gasteiger partial charge in [0.2, 0.25) is 5.91 Å². The third-order valence-corrected chi connectivity index (χ3v) is 5.06. The number of aromatic hydroxyl groups is 1. The second kappa shape index (κ2) is 8.17. The predicted octanol–water partition coefficient (Wildman–Crippen LogP) is 3.60. The molecule has 132 valence electrons. The van der Waals surface area contributed by atoms with E-state index < -0.39 is 0 Å². The Labute approximate surface area is 149 Å². The number of rotatable bonds is 5. The molecule has 0 saturated heterocycles. The Hall–Kier alpha value is -2.33. The van der Waals surface area contributed by atoms with E-state index >= 15 is 0 Å². The number of nitrogens with one attached hydrogen (secondary N) is 1. The molecule has 4 heteroatoms. The van der Waals surface area contributed by atoms with Crippen LogP contribution in [0.5, 0.6) is 5.75 Å². The molecule has 0 bridgehead atoms. The van der Waals surface area contributed by atoms with E-state index in [1.807, 2.05) is 12.1 Å². The van der Waals surface area contributed by atoms with Gasteiger partial charge in [-0.2, -0.15) is 0 Å². The summed E-state index contributed by atoms with van der Waals surface area (Å²) in [7, 11) is 0. The molecular formula is C21H26N2O2. The van der Waals surface area contributed by atoms with Crippen molar-refractivity contribution < 1.29 is 9.90 Å². The summed E-state index contributed by atoms with van der Waals surface area (Å²) >= 11 is 0. The largest absolute Gasteiger partial charge is 0.508 e. The summed E-state index contributed by atoms with van der Waals surface area (Å²) in [5.41, 5.74) is 8.80. The SMILES string of the molecule is NCC(=O)NC(c1ccc(O)cc1)c1ccc(C2CCCCC2)cc1. The maximum atomic E-state index is 11.9. The van der Waals surface area contributed by atoms with Crippen molar-refractivity contribution in [2.45, 2.75) is 44.1 Å². The van der Waals surface area contributed by atoms with Gasteiger partial charge in [0.1, 0.15) is 5.75 Å². The lowest BCUT2D eigenvalue weighted by atomic mass is 9.83. The highest BCUT2D eigenvalue weighted by Gasteiger charge is 2.19. The summed E-state index contributed by atoms with van der Waals surface area (Å²) in [5.74, 6) is 0.670. The van der Waals surface area contributed by atoms with Crippen LogP contribution in [0.4, 0.5) is 0 Å². The zero-order chi connectivity index (χ0) is 17.6. The molecule has 1 atom stereocenters. The second-order valence-corrected chi connectivity index (χ2v) is 6.80. The van der Waals surface area contributed by atoms with Crippen LogP contribution in [-0.4, -0.2) is 17.6 Å². The van der Waals surface area contributed by atoms with Crippen LogP contribution in [0.2, 0.25) is 0 Å². The summed E-state index contributed by atoms with van der Waals surface area (Å²) in [6.07, 6.45) is 6.52. The maximum absolute atomic E-state index is 11.9. The molecule has 2 aromatic carbocycles. The summed E-state index contributed by atoms with van der Waals surface area (Å²) in [4.78, 5) is 11.9. The summed E-state index contributed by atoms with van der Waals surface area (Å²) < 4.78 is 0. The van der Waals surface area contributed by atoms with Crippen LogP contribution in [0, 0.1) is 0 Å². The van der Waals surface area contributed by atoms with Gasteiger partial charge in [-0.3, -0.25) is 4.79 Å². The van der Waals surface area contributed by atoms with Gasteiger partial charge in [-0.25, -0.2) is 0 Å². The first-order valence-electron chi connectivity index (χ1n) is 9.05. The van der Waals surface area contributed by atoms with Crippen LogP contribution < -0.4 is 11.1 Å². The number of carbonyl (C=O) groups excluding carboxylic acids is 1. The van der Waals surface area contributed by atoms with Crippen molar-refractivity contribution in [1.82, 2.24) is 5.32 Å². The molecule has 1 unspecified atom stereocenters. The molecule has 1 aliphatic rings. The van der Waals surface area contributed by atoms with Crippen molar-refractivity contribution in [2.75, 3.05) is 6.54 Å². The fraction of sp³-hybridized carbons (Fsp3) is 0.381. The molecule has 0 aliphatic heterocycles. The minimum Gasteiger partial charge on any atom is -0.508 e. The van der Waals surface area contributed by atoms with Crippen LogP contribution in [0.15, 0.2) is 48.5 Å². The molecule has 0 aromatic heterocycles. The van der Waals surface area contributed by atoms with E-state index in [0.717, 1.165) is 11.1 Å². The molecule has 1 saturated carbocycles. The van der Waals surface area contributed by atoms with Crippen LogP contribution in [-0.2, 0) is 4.79 Å². The van der Waals surface area contributed by atoms with Crippen molar-refractivity contribution in [1.29, 1.82) is 0 Å². The number of nitrogens with two attached hydrogens (primary N) is 1. The van der Waals surface area contributed by atoms with Crippen LogP contribution in [0.3, 0.4) is 0 Å². The number of hydrogen-bond acceptors (Lipinski definition) is 3. The Morgan fingerprint density at radius 2 is 1.56 bits per heavy atom. The number of benzene rings is 2. The third-order valence-electron chi connectivity index (χ3n) is 5.06. The molecular weight excluding hydrogens is 312 g/mol. The average molecular weight is 338 g/mol. The molecule has 4 nitrogen and oxygen atoms in total. The van der Waals surface area contributed by atoms with E-state index in [2.05, 4.69) is 29.6 Å². The monoisotopic (exact) mass is 338 g/mol. The predicted molar refractivity (Wildman–Crippen MR) is 99.4 cm³/mol. The quantitative estimate of drug-likeness (QED) is 0.779. The maximum Gasteiger partial charge on any atom is 0.234 e. The Morgan fingerprint density at radius 3 is 2.12 bits per heavy atom. The molecule has 2 aromatic rings. The lowest BCUT2D eigenvalue weighted by molar-refractivity contribution is -0.120. The van der Waals surface area contributed by atoms with E-state index in [-0.39, 0.29) is 24.2 Å². The van der Waals surface area contributed by atoms with Crippen molar-refractivity contribution >= 4 is 5.91 Å². The minimum atomic E-state index is -0.267. The highest BCUT2D eigenvalue weighted by Crippen LogP contribution is 2.33. The second-order valence-electron chi connectivity index (χ2n) is 6.80. The summed E-state index contributed by atoms with van der Waals surface area (Å²) in [5, 5.41) is 12.5. The van der Waals surface area contributed by atoms with Gasteiger partial charge in [0.15, 0.2) is 0 Å². The van der Waals surface area contributed by atoms with Gasteiger partial charge < -0.3 is 16.2 Å². The molecule has 25 heavy (non-hydrogen) atoms. The zero-order valence-electron chi connectivity index (χ0n) is 14.4. The number of amides is 1. The van der Waals surface area contributed by atoms with Crippen molar-refractivity contribution in [3.8, 4) is 5.75 Å². The van der Waals surface area contributed by atoms with Gasteiger partial charge in [0, 0.05) is 0 Å². The van der Waals surface area contributed by atoms with Crippen LogP contribution in [0.1, 0.15) is 60.8 Å². The number of phenolic OH excluding ortho intramolecular Hbond substituents is 1. The summed E-state index contributed by atoms with van der Waals surface area (Å²) in [6.45, 7) is -0.0469. The van der Waals surface area contributed by atoms with Gasteiger partial charge in [-0.1, -0.05) is 55.7 Å². The first-order valence-corrected chi connectivity index (χ1v) is 9.05. The van der Waals surface area contributed by atoms with Gasteiger partial charge in [0.05, 0.1) is 12.6 Å². The fourth-order valence-corrected chi connectivity index (χ4v) is 3.64. The topological polar surface area (TPSA) is 75.4 Å². The molecule has 0 heterocycles. The third kappa shape index (κ3) is 4.40. The Balaban J connectivity index is 1.84. The van der Waals surface area contributed by atoms with Crippen molar-refractivity contribution in [3.63, 3.8) is 0 Å². The molecule has 0 spiro atoms. The first-order chi connectivity index (χ1) is 12.2. The van der Waals surface area contributed by atoms with E-state index in [1.54, 1.807) is 12.1 Å². The zero-order valence-corrected chi connectivity index (χ0v) is 14.4. The normalized spacial score (nSPS) is 16.4. The van der Waals surface area contributed by atoms with E-state index in [4.69, 9.17) is 5.73 Å². The Bertz CT molecular complexity index is 689. The minimum absolute atomic E-state index is 0.0469. The Kier molecular flexibility index (Phi) is 5.71. The van der Waals surface area contributed by atoms with Crippen LogP contribution in [0.25, 0.3) is 0 Å². The standard InChI is InChI=1S/C21H26N2O2/c22-14-20(25)23-21(18-10-12-19(24)13-11-18)17-8-6-16(7-9-17)15-4-2-1-3-5-15/h6-13,15,21,24H,1-5,14,22H2,(H,23,25). The number of carbonyl (C=O) groups is 1. The summed E-state index contributed by atoms with van der Waals surface area (Å²) in [6, 6.07) is 15.2. The van der Waals surface area contributed by atoms with Crippen LogP contribution >= 0.6 is 0 Å². The number of hydrogen-bond donors (Lipinski definition) is 3. The lowest BCUT2D eigenvalue weighted by Gasteiger charge is -2.24. The molecule has 1 fully saturated rings. The highest BCUT2D eigenvalue weighted by atomic mass is 16.3. The molecule has 4 N–H and O–H groups in total. The smallest absolute Gasteiger partial charge is 0.234 e. The van der Waals surface area contributed by atoms with Gasteiger partial charge in [-0.05, 0) is 47.6 Å². The van der Waals surface area contributed by atoms with Crippen molar-refractivity contribution in [3.05, 3.63) is 65.2 Å². The van der Waals surface area contributed by atoms with Gasteiger partial charge >= 0.3 is 0 Å². The molecule has 1 amide bonds. The van der Waals surface area contributed by atoms with E-state index in [1.165, 1.54) is 37.7 Å². The fourth-order valence-electron chi connectivity index (χ4n) is 3.64. The molecule has 0 radical (unpaired) electrons. The average Bonchev–Trinajstić information content (AvgIpc) is 2.67. The number of phenols is 1. The lowest BCUT2D eigenvalue weighted by Crippen LogP contribution is -2.34. The van der Waals surface area contributed by atoms with Gasteiger partial charge in [-0.15, -0.1) is 0 Å². The van der Waals surface area contributed by atoms with E-state index in [0.29, 0.717) is 5.92 Å². The first kappa shape index (κ1) is 17.5. The van der Waals surface area contributed by atoms with Gasteiger partial charge in [0.25, 0.3) is 0 Å².